The minimum Gasteiger partial charge on any atom is -0.284 e. The van der Waals surface area contributed by atoms with Gasteiger partial charge in [0.05, 0.1) is 5.92 Å². The highest BCUT2D eigenvalue weighted by atomic mass is 16.7. The summed E-state index contributed by atoms with van der Waals surface area (Å²) in [6.45, 7) is 0. The van der Waals surface area contributed by atoms with E-state index in [0.29, 0.717) is 0 Å². The average Bonchev–Trinajstić information content (AvgIpc) is 2.07. The van der Waals surface area contributed by atoms with E-state index in [2.05, 4.69) is 10.2 Å². The molecule has 0 bridgehead atoms. The lowest BCUT2D eigenvalue weighted by Crippen LogP contribution is -2.18. The van der Waals surface area contributed by atoms with Crippen molar-refractivity contribution in [2.75, 3.05) is 0 Å². The molecule has 0 N–H and O–H groups in total. The highest BCUT2D eigenvalue weighted by Gasteiger charge is 2.22. The van der Waals surface area contributed by atoms with Crippen molar-refractivity contribution in [1.29, 1.82) is 0 Å². The number of carbonyl (C=O) groups is 1. The second kappa shape index (κ2) is 4.05. The zero-order valence-corrected chi connectivity index (χ0v) is 6.28. The van der Waals surface area contributed by atoms with E-state index in [1.54, 1.807) is 0 Å². The molecule has 4 heteroatoms. The van der Waals surface area contributed by atoms with Gasteiger partial charge < -0.3 is 0 Å². The van der Waals surface area contributed by atoms with Crippen LogP contribution in [0.1, 0.15) is 32.1 Å². The molecule has 1 aliphatic rings. The molecule has 1 rings (SSSR count). The maximum absolute atomic E-state index is 10.9. The average molecular weight is 157 g/mol. The second-order valence-corrected chi connectivity index (χ2v) is 2.82. The van der Waals surface area contributed by atoms with E-state index >= 15 is 0 Å². The molecule has 0 saturated heterocycles. The Hall–Kier alpha value is -0.930. The summed E-state index contributed by atoms with van der Waals surface area (Å²) in [6, 6.07) is 0. The van der Waals surface area contributed by atoms with Crippen LogP contribution in [-0.2, 0) is 9.63 Å². The molecule has 0 amide bonds. The van der Waals surface area contributed by atoms with Crippen LogP contribution in [0.2, 0.25) is 0 Å². The Labute approximate surface area is 64.8 Å². The molecular weight excluding hydrogens is 146 g/mol. The van der Waals surface area contributed by atoms with Gasteiger partial charge in [0.2, 0.25) is 0 Å². The Morgan fingerprint density at radius 1 is 1.27 bits per heavy atom. The highest BCUT2D eigenvalue weighted by molar-refractivity contribution is 5.72. The van der Waals surface area contributed by atoms with Crippen molar-refractivity contribution >= 4 is 5.97 Å². The molecule has 0 aromatic rings. The fourth-order valence-electron chi connectivity index (χ4n) is 1.45. The Kier molecular flexibility index (Phi) is 3.01. The maximum atomic E-state index is 10.9. The third kappa shape index (κ3) is 2.29. The topological polar surface area (TPSA) is 55.7 Å². The van der Waals surface area contributed by atoms with Crippen molar-refractivity contribution in [1.82, 2.24) is 0 Å². The number of rotatable bonds is 2. The van der Waals surface area contributed by atoms with Gasteiger partial charge in [0.15, 0.2) is 5.34 Å². The predicted molar refractivity (Wildman–Crippen MR) is 38.5 cm³/mol. The normalized spacial score (nSPS) is 19.3. The van der Waals surface area contributed by atoms with Gasteiger partial charge in [-0.15, -0.1) is 4.91 Å². The Bertz CT molecular complexity index is 152. The van der Waals surface area contributed by atoms with Gasteiger partial charge in [-0.2, -0.15) is 0 Å². The Morgan fingerprint density at radius 3 is 2.45 bits per heavy atom. The summed E-state index contributed by atoms with van der Waals surface area (Å²) in [5, 5.41) is 2.11. The van der Waals surface area contributed by atoms with E-state index < -0.39 is 5.97 Å². The zero-order chi connectivity index (χ0) is 8.10. The molecule has 1 fully saturated rings. The molecule has 4 nitrogen and oxygen atoms in total. The monoisotopic (exact) mass is 157 g/mol. The fraction of sp³-hybridized carbons (Fsp3) is 0.857. The van der Waals surface area contributed by atoms with Gasteiger partial charge in [0.25, 0.3) is 0 Å². The molecule has 0 heterocycles. The standard InChI is InChI=1S/C7H11NO3/c9-7(11-8-10)6-4-2-1-3-5-6/h6H,1-5H2. The van der Waals surface area contributed by atoms with Crippen LogP contribution in [0.15, 0.2) is 5.34 Å². The van der Waals surface area contributed by atoms with E-state index in [1.807, 2.05) is 0 Å². The molecule has 0 aromatic heterocycles. The first-order chi connectivity index (χ1) is 5.34. The summed E-state index contributed by atoms with van der Waals surface area (Å²) in [4.78, 5) is 24.5. The number of hydrogen-bond donors (Lipinski definition) is 0. The van der Waals surface area contributed by atoms with Gasteiger partial charge >= 0.3 is 5.97 Å². The van der Waals surface area contributed by atoms with Crippen LogP contribution in [0.3, 0.4) is 0 Å². The van der Waals surface area contributed by atoms with E-state index in [1.165, 1.54) is 6.42 Å². The van der Waals surface area contributed by atoms with Crippen LogP contribution >= 0.6 is 0 Å². The molecule has 0 aliphatic heterocycles. The van der Waals surface area contributed by atoms with Crippen molar-refractivity contribution in [3.8, 4) is 0 Å². The third-order valence-electron chi connectivity index (χ3n) is 2.07. The van der Waals surface area contributed by atoms with E-state index in [0.717, 1.165) is 25.7 Å². The second-order valence-electron chi connectivity index (χ2n) is 2.82. The van der Waals surface area contributed by atoms with Crippen LogP contribution < -0.4 is 0 Å². The lowest BCUT2D eigenvalue weighted by molar-refractivity contribution is -0.149. The van der Waals surface area contributed by atoms with Crippen LogP contribution in [-0.4, -0.2) is 5.97 Å². The van der Waals surface area contributed by atoms with Crippen LogP contribution in [0.4, 0.5) is 0 Å². The summed E-state index contributed by atoms with van der Waals surface area (Å²) < 4.78 is 0. The summed E-state index contributed by atoms with van der Waals surface area (Å²) in [7, 11) is 0. The van der Waals surface area contributed by atoms with E-state index in [-0.39, 0.29) is 5.92 Å². The van der Waals surface area contributed by atoms with Crippen molar-refractivity contribution in [3.05, 3.63) is 4.91 Å². The third-order valence-corrected chi connectivity index (χ3v) is 2.07. The quantitative estimate of drug-likeness (QED) is 0.453. The van der Waals surface area contributed by atoms with Crippen molar-refractivity contribution in [2.24, 2.45) is 11.3 Å². The minimum atomic E-state index is -0.459. The van der Waals surface area contributed by atoms with Gasteiger partial charge in [-0.25, -0.2) is 4.79 Å². The van der Waals surface area contributed by atoms with E-state index in [9.17, 15) is 9.70 Å². The largest absolute Gasteiger partial charge is 0.341 e. The SMILES string of the molecule is O=NOC(=O)C1CCCCC1. The zero-order valence-electron chi connectivity index (χ0n) is 6.28. The lowest BCUT2D eigenvalue weighted by Gasteiger charge is -2.17. The first kappa shape index (κ1) is 8.17. The predicted octanol–water partition coefficient (Wildman–Crippen LogP) is 1.79. The molecule has 1 saturated carbocycles. The number of carbonyl (C=O) groups excluding carboxylic acids is 1. The molecule has 0 spiro atoms. The molecule has 0 aromatic carbocycles. The van der Waals surface area contributed by atoms with Crippen LogP contribution in [0.25, 0.3) is 0 Å². The summed E-state index contributed by atoms with van der Waals surface area (Å²) in [5.74, 6) is -0.541. The minimum absolute atomic E-state index is 0.0820. The molecule has 0 atom stereocenters. The lowest BCUT2D eigenvalue weighted by atomic mass is 9.89. The first-order valence-corrected chi connectivity index (χ1v) is 3.88. The first-order valence-electron chi connectivity index (χ1n) is 3.88. The fourth-order valence-corrected chi connectivity index (χ4v) is 1.45. The molecule has 11 heavy (non-hydrogen) atoms. The Balaban J connectivity index is 2.32. The summed E-state index contributed by atoms with van der Waals surface area (Å²) >= 11 is 0. The molecule has 62 valence electrons. The van der Waals surface area contributed by atoms with Gasteiger partial charge in [-0.1, -0.05) is 19.3 Å². The maximum Gasteiger partial charge on any atom is 0.341 e. The smallest absolute Gasteiger partial charge is 0.284 e. The summed E-state index contributed by atoms with van der Waals surface area (Å²) in [5.41, 5.74) is 0. The summed E-state index contributed by atoms with van der Waals surface area (Å²) in [6.07, 6.45) is 4.97. The van der Waals surface area contributed by atoms with E-state index in [4.69, 9.17) is 0 Å². The highest BCUT2D eigenvalue weighted by Crippen LogP contribution is 2.24. The van der Waals surface area contributed by atoms with Gasteiger partial charge in [-0.3, -0.25) is 4.84 Å². The Morgan fingerprint density at radius 2 is 1.91 bits per heavy atom. The van der Waals surface area contributed by atoms with Gasteiger partial charge in [0.1, 0.15) is 0 Å². The number of hydrogen-bond acceptors (Lipinski definition) is 4. The molecule has 0 unspecified atom stereocenters. The molecule has 1 aliphatic carbocycles. The van der Waals surface area contributed by atoms with Crippen LogP contribution in [0, 0.1) is 10.8 Å². The van der Waals surface area contributed by atoms with Crippen molar-refractivity contribution in [3.63, 3.8) is 0 Å². The molecular formula is C7H11NO3. The van der Waals surface area contributed by atoms with Crippen LogP contribution in [0.5, 0.6) is 0 Å². The van der Waals surface area contributed by atoms with Crippen molar-refractivity contribution in [2.45, 2.75) is 32.1 Å². The molecule has 0 radical (unpaired) electrons. The van der Waals surface area contributed by atoms with Gasteiger partial charge in [0, 0.05) is 0 Å². The van der Waals surface area contributed by atoms with Crippen molar-refractivity contribution < 1.29 is 9.63 Å². The number of nitrogens with zero attached hydrogens (tertiary/aromatic N) is 1. The van der Waals surface area contributed by atoms with Gasteiger partial charge in [-0.05, 0) is 12.8 Å².